The topological polar surface area (TPSA) is 87.2 Å². The maximum absolute atomic E-state index is 12.6. The van der Waals surface area contributed by atoms with Gasteiger partial charge in [-0.25, -0.2) is 4.79 Å². The SMILES string of the molecule is CC1NCCN(C(=O)CCn2c(=O)[nH]c(=O)c3ccccc32)C1C.Cl. The minimum Gasteiger partial charge on any atom is -0.337 e. The lowest BCUT2D eigenvalue weighted by Crippen LogP contribution is -2.57. The number of para-hydroxylation sites is 1. The molecule has 0 radical (unpaired) electrons. The van der Waals surface area contributed by atoms with Gasteiger partial charge in [0.2, 0.25) is 5.91 Å². The number of amides is 1. The van der Waals surface area contributed by atoms with E-state index in [4.69, 9.17) is 0 Å². The molecule has 1 saturated heterocycles. The highest BCUT2D eigenvalue weighted by atomic mass is 35.5. The molecule has 1 aliphatic rings. The summed E-state index contributed by atoms with van der Waals surface area (Å²) in [5, 5.41) is 3.79. The second-order valence-electron chi connectivity index (χ2n) is 6.25. The van der Waals surface area contributed by atoms with Crippen molar-refractivity contribution in [1.29, 1.82) is 0 Å². The predicted octanol–water partition coefficient (Wildman–Crippen LogP) is 0.710. The van der Waals surface area contributed by atoms with Crippen molar-refractivity contribution in [2.75, 3.05) is 13.1 Å². The van der Waals surface area contributed by atoms with Crippen molar-refractivity contribution in [2.24, 2.45) is 0 Å². The summed E-state index contributed by atoms with van der Waals surface area (Å²) in [7, 11) is 0. The zero-order chi connectivity index (χ0) is 17.3. The fourth-order valence-corrected chi connectivity index (χ4v) is 3.22. The van der Waals surface area contributed by atoms with Crippen molar-refractivity contribution < 1.29 is 4.79 Å². The van der Waals surface area contributed by atoms with E-state index in [2.05, 4.69) is 17.2 Å². The van der Waals surface area contributed by atoms with E-state index >= 15 is 0 Å². The molecule has 0 bridgehead atoms. The normalized spacial score (nSPS) is 20.3. The molecule has 1 amide bonds. The Balaban J connectivity index is 0.00000225. The van der Waals surface area contributed by atoms with Crippen molar-refractivity contribution in [3.63, 3.8) is 0 Å². The largest absolute Gasteiger partial charge is 0.337 e. The van der Waals surface area contributed by atoms with E-state index in [1.807, 2.05) is 11.8 Å². The Morgan fingerprint density at radius 2 is 1.96 bits per heavy atom. The minimum atomic E-state index is -0.478. The quantitative estimate of drug-likeness (QED) is 0.837. The van der Waals surface area contributed by atoms with E-state index in [-0.39, 0.29) is 43.4 Å². The molecule has 1 fully saturated rings. The van der Waals surface area contributed by atoms with Gasteiger partial charge in [-0.3, -0.25) is 19.1 Å². The maximum atomic E-state index is 12.6. The zero-order valence-electron chi connectivity index (χ0n) is 14.3. The minimum absolute atomic E-state index is 0. The highest BCUT2D eigenvalue weighted by molar-refractivity contribution is 5.85. The van der Waals surface area contributed by atoms with Gasteiger partial charge in [0.05, 0.1) is 10.9 Å². The van der Waals surface area contributed by atoms with Gasteiger partial charge in [-0.15, -0.1) is 12.4 Å². The molecule has 0 saturated carbocycles. The van der Waals surface area contributed by atoms with Crippen LogP contribution >= 0.6 is 12.4 Å². The lowest BCUT2D eigenvalue weighted by molar-refractivity contribution is -0.135. The second-order valence-corrected chi connectivity index (χ2v) is 6.25. The van der Waals surface area contributed by atoms with Gasteiger partial charge >= 0.3 is 5.69 Å². The van der Waals surface area contributed by atoms with Crippen molar-refractivity contribution in [3.05, 3.63) is 45.1 Å². The summed E-state index contributed by atoms with van der Waals surface area (Å²) in [5.74, 6) is 0.0260. The zero-order valence-corrected chi connectivity index (χ0v) is 15.1. The van der Waals surface area contributed by atoms with Gasteiger partial charge in [-0.2, -0.15) is 0 Å². The summed E-state index contributed by atoms with van der Waals surface area (Å²) in [6.07, 6.45) is 0.229. The number of hydrogen-bond acceptors (Lipinski definition) is 4. The molecule has 8 heteroatoms. The van der Waals surface area contributed by atoms with E-state index in [1.54, 1.807) is 24.3 Å². The standard InChI is InChI=1S/C17H22N4O3.ClH/c1-11-12(2)20(10-8-18-11)15(22)7-9-21-14-6-4-3-5-13(14)16(23)19-17(21)24;/h3-6,11-12,18H,7-10H2,1-2H3,(H,19,23,24);1H. The van der Waals surface area contributed by atoms with Crippen LogP contribution in [-0.4, -0.2) is 45.5 Å². The number of halogens is 1. The summed E-state index contributed by atoms with van der Waals surface area (Å²) in [4.78, 5) is 40.7. The average Bonchev–Trinajstić information content (AvgIpc) is 2.57. The molecule has 0 spiro atoms. The first-order valence-corrected chi connectivity index (χ1v) is 8.24. The summed E-state index contributed by atoms with van der Waals surface area (Å²) in [6.45, 7) is 5.78. The highest BCUT2D eigenvalue weighted by Gasteiger charge is 2.27. The molecule has 25 heavy (non-hydrogen) atoms. The molecule has 1 aromatic heterocycles. The number of fused-ring (bicyclic) bond motifs is 1. The molecular weight excluding hydrogens is 344 g/mol. The van der Waals surface area contributed by atoms with Gasteiger partial charge < -0.3 is 10.2 Å². The van der Waals surface area contributed by atoms with E-state index in [1.165, 1.54) is 4.57 Å². The summed E-state index contributed by atoms with van der Waals surface area (Å²) >= 11 is 0. The van der Waals surface area contributed by atoms with Crippen LogP contribution in [0.2, 0.25) is 0 Å². The summed E-state index contributed by atoms with van der Waals surface area (Å²) in [5.41, 5.74) is -0.322. The van der Waals surface area contributed by atoms with Crippen LogP contribution in [-0.2, 0) is 11.3 Å². The fourth-order valence-electron chi connectivity index (χ4n) is 3.22. The van der Waals surface area contributed by atoms with Gasteiger partial charge in [-0.1, -0.05) is 12.1 Å². The Hall–Kier alpha value is -2.12. The number of nitrogens with zero attached hydrogens (tertiary/aromatic N) is 2. The monoisotopic (exact) mass is 366 g/mol. The third kappa shape index (κ3) is 3.77. The Labute approximate surface area is 151 Å². The lowest BCUT2D eigenvalue weighted by atomic mass is 10.1. The van der Waals surface area contributed by atoms with Crippen LogP contribution in [0.4, 0.5) is 0 Å². The molecule has 2 unspecified atom stereocenters. The van der Waals surface area contributed by atoms with Crippen molar-refractivity contribution in [1.82, 2.24) is 19.8 Å². The van der Waals surface area contributed by atoms with Gasteiger partial charge in [0, 0.05) is 38.1 Å². The average molecular weight is 367 g/mol. The third-order valence-corrected chi connectivity index (χ3v) is 4.81. The molecule has 136 valence electrons. The fraction of sp³-hybridized carbons (Fsp3) is 0.471. The number of carbonyl (C=O) groups excluding carboxylic acids is 1. The van der Waals surface area contributed by atoms with E-state index in [9.17, 15) is 14.4 Å². The number of nitrogens with one attached hydrogen (secondary N) is 2. The Bertz CT molecular complexity index is 876. The van der Waals surface area contributed by atoms with Gasteiger partial charge in [-0.05, 0) is 26.0 Å². The first kappa shape index (κ1) is 19.2. The Morgan fingerprint density at radius 1 is 1.24 bits per heavy atom. The first-order chi connectivity index (χ1) is 11.5. The van der Waals surface area contributed by atoms with Crippen LogP contribution in [0.5, 0.6) is 0 Å². The predicted molar refractivity (Wildman–Crippen MR) is 99.3 cm³/mol. The molecule has 2 heterocycles. The number of aryl methyl sites for hydroxylation is 1. The first-order valence-electron chi connectivity index (χ1n) is 8.24. The van der Waals surface area contributed by atoms with Crippen LogP contribution in [0.25, 0.3) is 10.9 Å². The second kappa shape index (κ2) is 7.84. The Kier molecular flexibility index (Phi) is 6.02. The van der Waals surface area contributed by atoms with Gasteiger partial charge in [0.1, 0.15) is 0 Å². The van der Waals surface area contributed by atoms with Crippen LogP contribution in [0.3, 0.4) is 0 Å². The molecule has 0 aliphatic carbocycles. The molecule has 2 aromatic rings. The van der Waals surface area contributed by atoms with Gasteiger partial charge in [0.25, 0.3) is 5.56 Å². The lowest BCUT2D eigenvalue weighted by Gasteiger charge is -2.38. The molecule has 3 rings (SSSR count). The van der Waals surface area contributed by atoms with Crippen LogP contribution in [0, 0.1) is 0 Å². The van der Waals surface area contributed by atoms with E-state index in [0.717, 1.165) is 6.54 Å². The molecule has 2 N–H and O–H groups in total. The van der Waals surface area contributed by atoms with Crippen molar-refractivity contribution >= 4 is 29.2 Å². The number of benzene rings is 1. The van der Waals surface area contributed by atoms with Crippen LogP contribution in [0.1, 0.15) is 20.3 Å². The Morgan fingerprint density at radius 3 is 2.72 bits per heavy atom. The van der Waals surface area contributed by atoms with Crippen molar-refractivity contribution in [3.8, 4) is 0 Å². The van der Waals surface area contributed by atoms with Crippen LogP contribution in [0.15, 0.2) is 33.9 Å². The third-order valence-electron chi connectivity index (χ3n) is 4.81. The van der Waals surface area contributed by atoms with E-state index < -0.39 is 11.2 Å². The summed E-state index contributed by atoms with van der Waals surface area (Å²) in [6, 6.07) is 7.30. The molecule has 2 atom stereocenters. The number of H-pyrrole nitrogens is 1. The van der Waals surface area contributed by atoms with Crippen LogP contribution < -0.4 is 16.6 Å². The highest BCUT2D eigenvalue weighted by Crippen LogP contribution is 2.12. The van der Waals surface area contributed by atoms with Crippen molar-refractivity contribution in [2.45, 2.75) is 38.9 Å². The maximum Gasteiger partial charge on any atom is 0.328 e. The number of aromatic amines is 1. The molecular formula is C17H23ClN4O3. The number of piperazine rings is 1. The summed E-state index contributed by atoms with van der Waals surface area (Å²) < 4.78 is 1.46. The molecule has 1 aliphatic heterocycles. The molecule has 7 nitrogen and oxygen atoms in total. The number of aromatic nitrogens is 2. The van der Waals surface area contributed by atoms with Gasteiger partial charge in [0.15, 0.2) is 0 Å². The van der Waals surface area contributed by atoms with E-state index in [0.29, 0.717) is 17.4 Å². The number of rotatable bonds is 3. The number of carbonyl (C=O) groups is 1. The number of hydrogen-bond donors (Lipinski definition) is 2. The molecule has 1 aromatic carbocycles. The smallest absolute Gasteiger partial charge is 0.328 e.